The second-order valence-electron chi connectivity index (χ2n) is 6.70. The fourth-order valence-corrected chi connectivity index (χ4v) is 4.37. The summed E-state index contributed by atoms with van der Waals surface area (Å²) >= 11 is 7.34. The lowest BCUT2D eigenvalue weighted by Gasteiger charge is -2.30. The highest BCUT2D eigenvalue weighted by Crippen LogP contribution is 2.26. The van der Waals surface area contributed by atoms with E-state index in [1.165, 1.54) is 17.4 Å². The third-order valence-electron chi connectivity index (χ3n) is 4.94. The summed E-state index contributed by atoms with van der Waals surface area (Å²) in [6.45, 7) is 1.23. The fraction of sp³-hybridized carbons (Fsp3) is 0.250. The molecule has 2 aromatic heterocycles. The first-order chi connectivity index (χ1) is 14.0. The standard InChI is InChI=1S/C20H17ClFN3O3S/c21-14-4-1-5-15(22)12(14)3-2-7-24-8-9-25-11-13(19-23-6-10-29-19)17(26)18(27)16(25)20(24)28/h1,4-6,10-11,27H,2-3,7-9H2. The van der Waals surface area contributed by atoms with Gasteiger partial charge < -0.3 is 14.6 Å². The lowest BCUT2D eigenvalue weighted by atomic mass is 10.1. The molecule has 4 rings (SSSR count). The van der Waals surface area contributed by atoms with Gasteiger partial charge in [0.1, 0.15) is 10.8 Å². The minimum atomic E-state index is -0.612. The molecule has 0 spiro atoms. The van der Waals surface area contributed by atoms with Gasteiger partial charge in [0.25, 0.3) is 5.91 Å². The predicted molar refractivity (Wildman–Crippen MR) is 109 cm³/mol. The van der Waals surface area contributed by atoms with Crippen molar-refractivity contribution in [3.63, 3.8) is 0 Å². The van der Waals surface area contributed by atoms with Crippen LogP contribution < -0.4 is 5.43 Å². The predicted octanol–water partition coefficient (Wildman–Crippen LogP) is 3.56. The Hall–Kier alpha value is -2.71. The molecule has 0 fully saturated rings. The molecule has 0 saturated carbocycles. The number of aromatic hydroxyl groups is 1. The van der Waals surface area contributed by atoms with Crippen LogP contribution >= 0.6 is 22.9 Å². The molecule has 0 radical (unpaired) electrons. The van der Waals surface area contributed by atoms with E-state index < -0.39 is 17.1 Å². The molecule has 9 heteroatoms. The topological polar surface area (TPSA) is 75.4 Å². The average Bonchev–Trinajstić information content (AvgIpc) is 3.23. The molecule has 0 bridgehead atoms. The van der Waals surface area contributed by atoms with Gasteiger partial charge in [-0.3, -0.25) is 9.59 Å². The number of halogens is 2. The van der Waals surface area contributed by atoms with E-state index in [2.05, 4.69) is 4.98 Å². The zero-order chi connectivity index (χ0) is 20.5. The van der Waals surface area contributed by atoms with Gasteiger partial charge in [0.2, 0.25) is 5.43 Å². The molecule has 29 heavy (non-hydrogen) atoms. The number of hydrogen-bond acceptors (Lipinski definition) is 5. The maximum absolute atomic E-state index is 13.9. The third kappa shape index (κ3) is 3.65. The molecule has 3 heterocycles. The molecule has 0 atom stereocenters. The lowest BCUT2D eigenvalue weighted by Crippen LogP contribution is -2.42. The first-order valence-electron chi connectivity index (χ1n) is 9.06. The van der Waals surface area contributed by atoms with Gasteiger partial charge in [0.15, 0.2) is 11.4 Å². The van der Waals surface area contributed by atoms with Crippen LogP contribution in [0.2, 0.25) is 5.02 Å². The molecule has 1 amide bonds. The van der Waals surface area contributed by atoms with Crippen LogP contribution in [0.1, 0.15) is 22.5 Å². The molecule has 1 aliphatic heterocycles. The van der Waals surface area contributed by atoms with Gasteiger partial charge in [-0.15, -0.1) is 11.3 Å². The van der Waals surface area contributed by atoms with Crippen LogP contribution in [0.25, 0.3) is 10.6 Å². The van der Waals surface area contributed by atoms with Gasteiger partial charge in [-0.05, 0) is 25.0 Å². The molecule has 150 valence electrons. The summed E-state index contributed by atoms with van der Waals surface area (Å²) in [5.74, 6) is -1.35. The Balaban J connectivity index is 1.53. The number of hydrogen-bond donors (Lipinski definition) is 1. The van der Waals surface area contributed by atoms with Crippen molar-refractivity contribution in [1.82, 2.24) is 14.5 Å². The maximum atomic E-state index is 13.9. The Morgan fingerprint density at radius 1 is 1.28 bits per heavy atom. The highest BCUT2D eigenvalue weighted by atomic mass is 35.5. The average molecular weight is 434 g/mol. The van der Waals surface area contributed by atoms with Gasteiger partial charge in [-0.1, -0.05) is 17.7 Å². The molecule has 3 aromatic rings. The molecule has 1 aromatic carbocycles. The molecule has 6 nitrogen and oxygen atoms in total. The van der Waals surface area contributed by atoms with Crippen LogP contribution in [-0.4, -0.2) is 38.6 Å². The van der Waals surface area contributed by atoms with E-state index in [9.17, 15) is 19.1 Å². The first-order valence-corrected chi connectivity index (χ1v) is 10.3. The summed E-state index contributed by atoms with van der Waals surface area (Å²) in [6, 6.07) is 4.54. The Labute approximate surface area is 174 Å². The summed E-state index contributed by atoms with van der Waals surface area (Å²) in [5, 5.41) is 13.0. The minimum Gasteiger partial charge on any atom is -0.503 e. The largest absolute Gasteiger partial charge is 0.503 e. The van der Waals surface area contributed by atoms with Gasteiger partial charge in [0.05, 0.1) is 5.56 Å². The number of thiazole rings is 1. The number of pyridine rings is 1. The van der Waals surface area contributed by atoms with Crippen LogP contribution in [-0.2, 0) is 13.0 Å². The monoisotopic (exact) mass is 433 g/mol. The molecular formula is C20H17ClFN3O3S. The van der Waals surface area contributed by atoms with Crippen molar-refractivity contribution in [2.45, 2.75) is 19.4 Å². The van der Waals surface area contributed by atoms with E-state index in [4.69, 9.17) is 11.6 Å². The first kappa shape index (κ1) is 19.6. The summed E-state index contributed by atoms with van der Waals surface area (Å²) in [4.78, 5) is 31.1. The Morgan fingerprint density at radius 3 is 2.83 bits per heavy atom. The van der Waals surface area contributed by atoms with Gasteiger partial charge >= 0.3 is 0 Å². The lowest BCUT2D eigenvalue weighted by molar-refractivity contribution is 0.0695. The second kappa shape index (κ2) is 7.96. The summed E-state index contributed by atoms with van der Waals surface area (Å²) in [5.41, 5.74) is 0.0629. The number of amides is 1. The van der Waals surface area contributed by atoms with Crippen molar-refractivity contribution >= 4 is 28.8 Å². The smallest absolute Gasteiger partial charge is 0.274 e. The summed E-state index contributed by atoms with van der Waals surface area (Å²) < 4.78 is 15.5. The number of carbonyl (C=O) groups excluding carboxylic acids is 1. The van der Waals surface area contributed by atoms with Crippen molar-refractivity contribution in [3.8, 4) is 16.3 Å². The molecule has 0 unspecified atom stereocenters. The highest BCUT2D eigenvalue weighted by Gasteiger charge is 2.29. The van der Waals surface area contributed by atoms with Crippen molar-refractivity contribution < 1.29 is 14.3 Å². The number of benzene rings is 1. The van der Waals surface area contributed by atoms with E-state index in [1.54, 1.807) is 39.4 Å². The van der Waals surface area contributed by atoms with E-state index in [1.807, 2.05) is 0 Å². The molecule has 0 aliphatic carbocycles. The quantitative estimate of drug-likeness (QED) is 0.667. The third-order valence-corrected chi connectivity index (χ3v) is 6.10. The second-order valence-corrected chi connectivity index (χ2v) is 8.00. The van der Waals surface area contributed by atoms with E-state index in [0.29, 0.717) is 48.1 Å². The van der Waals surface area contributed by atoms with E-state index in [-0.39, 0.29) is 17.1 Å². The summed E-state index contributed by atoms with van der Waals surface area (Å²) in [6.07, 6.45) is 4.05. The zero-order valence-corrected chi connectivity index (χ0v) is 16.8. The number of rotatable bonds is 5. The van der Waals surface area contributed by atoms with Crippen molar-refractivity contribution in [3.05, 3.63) is 68.3 Å². The molecular weight excluding hydrogens is 417 g/mol. The number of aromatic nitrogens is 2. The van der Waals surface area contributed by atoms with Crippen LogP contribution in [0.5, 0.6) is 5.75 Å². The van der Waals surface area contributed by atoms with Crippen LogP contribution in [0.15, 0.2) is 40.8 Å². The Morgan fingerprint density at radius 2 is 2.10 bits per heavy atom. The molecule has 1 N–H and O–H groups in total. The summed E-state index contributed by atoms with van der Waals surface area (Å²) in [7, 11) is 0. The van der Waals surface area contributed by atoms with E-state index in [0.717, 1.165) is 0 Å². The van der Waals surface area contributed by atoms with Crippen LogP contribution in [0.3, 0.4) is 0 Å². The number of nitrogens with zero attached hydrogens (tertiary/aromatic N) is 3. The van der Waals surface area contributed by atoms with Gasteiger partial charge in [-0.2, -0.15) is 0 Å². The fourth-order valence-electron chi connectivity index (χ4n) is 3.47. The Bertz CT molecular complexity index is 1110. The highest BCUT2D eigenvalue weighted by molar-refractivity contribution is 7.13. The zero-order valence-electron chi connectivity index (χ0n) is 15.3. The molecule has 0 saturated heterocycles. The number of carbonyl (C=O) groups is 1. The van der Waals surface area contributed by atoms with Crippen LogP contribution in [0.4, 0.5) is 4.39 Å². The van der Waals surface area contributed by atoms with Gasteiger partial charge in [0, 0.05) is 48.0 Å². The van der Waals surface area contributed by atoms with Crippen molar-refractivity contribution in [2.24, 2.45) is 0 Å². The SMILES string of the molecule is O=C1c2c(O)c(=O)c(-c3nccs3)cn2CCN1CCCc1c(F)cccc1Cl. The normalized spacial score (nSPS) is 13.6. The maximum Gasteiger partial charge on any atom is 0.274 e. The molecule has 1 aliphatic rings. The van der Waals surface area contributed by atoms with Crippen molar-refractivity contribution in [2.75, 3.05) is 13.1 Å². The van der Waals surface area contributed by atoms with E-state index >= 15 is 0 Å². The minimum absolute atomic E-state index is 0.0227. The van der Waals surface area contributed by atoms with Gasteiger partial charge in [-0.25, -0.2) is 9.37 Å². The van der Waals surface area contributed by atoms with Crippen LogP contribution in [0, 0.1) is 5.82 Å². The van der Waals surface area contributed by atoms with Crippen molar-refractivity contribution in [1.29, 1.82) is 0 Å². The number of fused-ring (bicyclic) bond motifs is 1. The Kier molecular flexibility index (Phi) is 5.38.